The lowest BCUT2D eigenvalue weighted by atomic mass is 10.1. The maximum atomic E-state index is 12.7. The third kappa shape index (κ3) is 3.11. The van der Waals surface area contributed by atoms with E-state index in [-0.39, 0.29) is 11.6 Å². The van der Waals surface area contributed by atoms with Gasteiger partial charge in [-0.15, -0.1) is 0 Å². The molecule has 1 aliphatic heterocycles. The molecule has 2 heterocycles. The number of aliphatic carboxylic acids is 1. The zero-order chi connectivity index (χ0) is 15.6. The third-order valence-corrected chi connectivity index (χ3v) is 5.51. The van der Waals surface area contributed by atoms with Crippen molar-refractivity contribution in [2.75, 3.05) is 6.54 Å². The second-order valence-corrected chi connectivity index (χ2v) is 7.12. The van der Waals surface area contributed by atoms with E-state index in [1.807, 2.05) is 6.92 Å². The van der Waals surface area contributed by atoms with E-state index in [4.69, 9.17) is 0 Å². The molecular weight excluding hydrogens is 294 g/mol. The molecule has 1 fully saturated rings. The summed E-state index contributed by atoms with van der Waals surface area (Å²) in [5.74, 6) is -0.470. The molecule has 1 aromatic rings. The van der Waals surface area contributed by atoms with Crippen molar-refractivity contribution < 1.29 is 18.3 Å². The number of carboxylic acid groups (broad SMARTS) is 1. The van der Waals surface area contributed by atoms with Crippen LogP contribution < -0.4 is 0 Å². The van der Waals surface area contributed by atoms with Crippen molar-refractivity contribution >= 4 is 16.0 Å². The van der Waals surface area contributed by atoms with Gasteiger partial charge in [-0.05, 0) is 32.6 Å². The van der Waals surface area contributed by atoms with Crippen LogP contribution in [0.2, 0.25) is 0 Å². The highest BCUT2D eigenvalue weighted by Gasteiger charge is 2.38. The van der Waals surface area contributed by atoms with Crippen molar-refractivity contribution in [1.82, 2.24) is 13.9 Å². The van der Waals surface area contributed by atoms with Gasteiger partial charge in [-0.2, -0.15) is 4.31 Å². The molecule has 0 aromatic carbocycles. The summed E-state index contributed by atoms with van der Waals surface area (Å²) in [6.45, 7) is 4.67. The first-order chi connectivity index (χ1) is 9.87. The molecule has 0 unspecified atom stereocenters. The van der Waals surface area contributed by atoms with Crippen LogP contribution in [-0.4, -0.2) is 45.9 Å². The molecule has 7 nitrogen and oxygen atoms in total. The maximum absolute atomic E-state index is 12.7. The lowest BCUT2D eigenvalue weighted by Gasteiger charge is -2.31. The maximum Gasteiger partial charge on any atom is 0.322 e. The lowest BCUT2D eigenvalue weighted by molar-refractivity contribution is -0.142. The summed E-state index contributed by atoms with van der Waals surface area (Å²) in [5.41, 5.74) is 0. The van der Waals surface area contributed by atoms with Gasteiger partial charge in [0.15, 0.2) is 5.03 Å². The second kappa shape index (κ2) is 6.15. The molecule has 0 aliphatic carbocycles. The monoisotopic (exact) mass is 315 g/mol. The molecule has 1 aliphatic rings. The fourth-order valence-corrected chi connectivity index (χ4v) is 4.28. The van der Waals surface area contributed by atoms with Crippen molar-refractivity contribution in [3.63, 3.8) is 0 Å². The summed E-state index contributed by atoms with van der Waals surface area (Å²) in [6, 6.07) is -0.986. The van der Waals surface area contributed by atoms with Gasteiger partial charge in [-0.25, -0.2) is 13.4 Å². The normalized spacial score (nSPS) is 20.6. The zero-order valence-corrected chi connectivity index (χ0v) is 13.1. The van der Waals surface area contributed by atoms with Crippen LogP contribution in [0.5, 0.6) is 0 Å². The van der Waals surface area contributed by atoms with E-state index < -0.39 is 22.0 Å². The van der Waals surface area contributed by atoms with Gasteiger partial charge in [0.25, 0.3) is 10.0 Å². The standard InChI is InChI=1S/C13H21N3O4S/c1-3-7-15-9-12(14-10(15)2)21(19,20)16-8-5-4-6-11(16)13(17)18/h9,11H,3-8H2,1-2H3,(H,17,18)/t11-/m0/s1. The van der Waals surface area contributed by atoms with Gasteiger partial charge >= 0.3 is 5.97 Å². The SMILES string of the molecule is CCCn1cc(S(=O)(=O)N2CCCC[C@H]2C(=O)O)nc1C. The molecule has 1 saturated heterocycles. The van der Waals surface area contributed by atoms with E-state index in [1.54, 1.807) is 11.5 Å². The number of piperidine rings is 1. The first-order valence-corrected chi connectivity index (χ1v) is 8.60. The van der Waals surface area contributed by atoms with Crippen LogP contribution in [0.25, 0.3) is 0 Å². The van der Waals surface area contributed by atoms with Crippen molar-refractivity contribution in [3.8, 4) is 0 Å². The Morgan fingerprint density at radius 3 is 2.81 bits per heavy atom. The van der Waals surface area contributed by atoms with Crippen LogP contribution in [0, 0.1) is 6.92 Å². The van der Waals surface area contributed by atoms with E-state index in [0.717, 1.165) is 17.1 Å². The van der Waals surface area contributed by atoms with Gasteiger partial charge in [0.05, 0.1) is 0 Å². The topological polar surface area (TPSA) is 92.5 Å². The molecule has 0 radical (unpaired) electrons. The van der Waals surface area contributed by atoms with Gasteiger partial charge in [-0.1, -0.05) is 6.92 Å². The van der Waals surface area contributed by atoms with E-state index >= 15 is 0 Å². The van der Waals surface area contributed by atoms with Gasteiger partial charge in [0.2, 0.25) is 0 Å². The minimum absolute atomic E-state index is 0.0541. The van der Waals surface area contributed by atoms with E-state index in [2.05, 4.69) is 4.98 Å². The molecular formula is C13H21N3O4S. The number of aryl methyl sites for hydroxylation is 2. The second-order valence-electron chi connectivity index (χ2n) is 5.29. The highest BCUT2D eigenvalue weighted by molar-refractivity contribution is 7.89. The third-order valence-electron chi connectivity index (χ3n) is 3.73. The predicted octanol–water partition coefficient (Wildman–Crippen LogP) is 1.23. The molecule has 0 saturated carbocycles. The molecule has 8 heteroatoms. The molecule has 0 bridgehead atoms. The number of aromatic nitrogens is 2. The number of carbonyl (C=O) groups is 1. The summed E-state index contributed by atoms with van der Waals surface area (Å²) < 4.78 is 28.2. The Morgan fingerprint density at radius 2 is 2.19 bits per heavy atom. The van der Waals surface area contributed by atoms with E-state index in [9.17, 15) is 18.3 Å². The van der Waals surface area contributed by atoms with E-state index in [0.29, 0.717) is 25.2 Å². The summed E-state index contributed by atoms with van der Waals surface area (Å²) in [6.07, 6.45) is 4.13. The highest BCUT2D eigenvalue weighted by atomic mass is 32.2. The molecule has 1 N–H and O–H groups in total. The lowest BCUT2D eigenvalue weighted by Crippen LogP contribution is -2.47. The van der Waals surface area contributed by atoms with Gasteiger partial charge in [0.1, 0.15) is 11.9 Å². The average molecular weight is 315 g/mol. The number of rotatable bonds is 5. The molecule has 1 atom stereocenters. The quantitative estimate of drug-likeness (QED) is 0.882. The summed E-state index contributed by atoms with van der Waals surface area (Å²) in [7, 11) is -3.86. The van der Waals surface area contributed by atoms with Crippen LogP contribution in [0.3, 0.4) is 0 Å². The first-order valence-electron chi connectivity index (χ1n) is 7.16. The van der Waals surface area contributed by atoms with Crippen molar-refractivity contribution in [2.24, 2.45) is 0 Å². The number of hydrogen-bond acceptors (Lipinski definition) is 4. The van der Waals surface area contributed by atoms with Gasteiger partial charge in [0, 0.05) is 19.3 Å². The fraction of sp³-hybridized carbons (Fsp3) is 0.692. The predicted molar refractivity (Wildman–Crippen MR) is 76.4 cm³/mol. The largest absolute Gasteiger partial charge is 0.480 e. The van der Waals surface area contributed by atoms with Crippen LogP contribution in [0.1, 0.15) is 38.4 Å². The first kappa shape index (κ1) is 16.0. The highest BCUT2D eigenvalue weighted by Crippen LogP contribution is 2.25. The Morgan fingerprint density at radius 1 is 1.48 bits per heavy atom. The zero-order valence-electron chi connectivity index (χ0n) is 12.3. The summed E-state index contributed by atoms with van der Waals surface area (Å²) in [5, 5.41) is 9.18. The Hall–Kier alpha value is -1.41. The number of imidazole rings is 1. The Bertz CT molecular complexity index is 623. The summed E-state index contributed by atoms with van der Waals surface area (Å²) >= 11 is 0. The minimum atomic E-state index is -3.86. The van der Waals surface area contributed by atoms with Crippen molar-refractivity contribution in [1.29, 1.82) is 0 Å². The number of carboxylic acids is 1. The molecule has 2 rings (SSSR count). The Kier molecular flexibility index (Phi) is 4.67. The van der Waals surface area contributed by atoms with Crippen LogP contribution in [0.4, 0.5) is 0 Å². The number of hydrogen-bond donors (Lipinski definition) is 1. The molecule has 1 aromatic heterocycles. The van der Waals surface area contributed by atoms with Gasteiger partial charge in [-0.3, -0.25) is 4.79 Å². The average Bonchev–Trinajstić information content (AvgIpc) is 2.81. The van der Waals surface area contributed by atoms with Crippen LogP contribution in [-0.2, 0) is 21.4 Å². The van der Waals surface area contributed by atoms with Gasteiger partial charge < -0.3 is 9.67 Å². The van der Waals surface area contributed by atoms with Crippen LogP contribution in [0.15, 0.2) is 11.2 Å². The minimum Gasteiger partial charge on any atom is -0.480 e. The Balaban J connectivity index is 2.36. The van der Waals surface area contributed by atoms with E-state index in [1.165, 1.54) is 6.20 Å². The molecule has 118 valence electrons. The Labute approximate surface area is 124 Å². The van der Waals surface area contributed by atoms with Crippen LogP contribution >= 0.6 is 0 Å². The molecule has 0 spiro atoms. The molecule has 21 heavy (non-hydrogen) atoms. The smallest absolute Gasteiger partial charge is 0.322 e. The molecule has 0 amide bonds. The van der Waals surface area contributed by atoms with Crippen molar-refractivity contribution in [2.45, 2.75) is 57.1 Å². The fourth-order valence-electron chi connectivity index (χ4n) is 2.63. The summed E-state index contributed by atoms with van der Waals surface area (Å²) in [4.78, 5) is 15.4. The number of nitrogens with zero attached hydrogens (tertiary/aromatic N) is 3. The number of sulfonamides is 1. The van der Waals surface area contributed by atoms with Crippen molar-refractivity contribution in [3.05, 3.63) is 12.0 Å².